The quantitative estimate of drug-likeness (QED) is 0.286. The number of nitrogens with zero attached hydrogens (tertiary/aromatic N) is 2. The van der Waals surface area contributed by atoms with Gasteiger partial charge in [0.1, 0.15) is 22.1 Å². The van der Waals surface area contributed by atoms with Crippen LogP contribution in [0.25, 0.3) is 21.5 Å². The van der Waals surface area contributed by atoms with Crippen molar-refractivity contribution in [1.82, 2.24) is 10.1 Å². The minimum Gasteiger partial charge on any atom is -0.478 e. The van der Waals surface area contributed by atoms with Crippen molar-refractivity contribution in [1.29, 1.82) is 0 Å². The van der Waals surface area contributed by atoms with Gasteiger partial charge in [-0.15, -0.1) is 11.3 Å². The molecule has 2 N–H and O–H groups in total. The maximum atomic E-state index is 11.4. The second-order valence-electron chi connectivity index (χ2n) is 9.79. The van der Waals surface area contributed by atoms with E-state index in [2.05, 4.69) is 10.1 Å². The van der Waals surface area contributed by atoms with Gasteiger partial charge in [-0.05, 0) is 62.4 Å². The number of hydrogen-bond donors (Lipinski definition) is 2. The van der Waals surface area contributed by atoms with Crippen molar-refractivity contribution in [2.75, 3.05) is 0 Å². The second-order valence-corrected chi connectivity index (χ2v) is 11.2. The summed E-state index contributed by atoms with van der Waals surface area (Å²) >= 11 is 7.88. The minimum atomic E-state index is -1.10. The number of ether oxygens (including phenoxy) is 1. The topological polar surface area (TPSA) is 106 Å². The third-order valence-electron chi connectivity index (χ3n) is 7.17. The van der Waals surface area contributed by atoms with E-state index < -0.39 is 11.6 Å². The fourth-order valence-electron chi connectivity index (χ4n) is 5.03. The van der Waals surface area contributed by atoms with Gasteiger partial charge in [0, 0.05) is 23.5 Å². The molecule has 6 rings (SSSR count). The molecule has 186 valence electrons. The van der Waals surface area contributed by atoms with Gasteiger partial charge in [0.15, 0.2) is 0 Å². The Kier molecular flexibility index (Phi) is 5.87. The van der Waals surface area contributed by atoms with Crippen LogP contribution in [-0.4, -0.2) is 32.4 Å². The summed E-state index contributed by atoms with van der Waals surface area (Å²) in [4.78, 5) is 15.9. The molecule has 2 unspecified atom stereocenters. The van der Waals surface area contributed by atoms with E-state index in [0.29, 0.717) is 47.3 Å². The van der Waals surface area contributed by atoms with Crippen LogP contribution in [0.5, 0.6) is 0 Å². The lowest BCUT2D eigenvalue weighted by atomic mass is 10.0. The highest BCUT2D eigenvalue weighted by Crippen LogP contribution is 2.47. The fraction of sp³-hybridized carbons (Fsp3) is 0.370. The lowest BCUT2D eigenvalue weighted by Gasteiger charge is -2.20. The number of aliphatic hydroxyl groups is 1. The summed E-state index contributed by atoms with van der Waals surface area (Å²) in [5, 5.41) is 26.3. The largest absolute Gasteiger partial charge is 0.478 e. The van der Waals surface area contributed by atoms with Crippen LogP contribution in [0.15, 0.2) is 40.9 Å². The molecule has 9 heteroatoms. The number of halogens is 1. The van der Waals surface area contributed by atoms with E-state index >= 15 is 0 Å². The van der Waals surface area contributed by atoms with Gasteiger partial charge in [-0.2, -0.15) is 0 Å². The monoisotopic (exact) mass is 524 g/mol. The van der Waals surface area contributed by atoms with Crippen LogP contribution in [0.3, 0.4) is 0 Å². The molecule has 0 bridgehead atoms. The molecule has 0 amide bonds. The van der Waals surface area contributed by atoms with Crippen molar-refractivity contribution < 1.29 is 24.3 Å². The van der Waals surface area contributed by atoms with E-state index in [4.69, 9.17) is 20.9 Å². The van der Waals surface area contributed by atoms with Crippen molar-refractivity contribution in [2.45, 2.75) is 63.3 Å². The normalized spacial score (nSPS) is 21.9. The number of benzene rings is 2. The van der Waals surface area contributed by atoms with Crippen LogP contribution < -0.4 is 0 Å². The first-order valence-electron chi connectivity index (χ1n) is 12.0. The Balaban J connectivity index is 1.22. The van der Waals surface area contributed by atoms with E-state index in [1.54, 1.807) is 12.1 Å². The SMILES string of the molecule is Cc1cccc(Cl)c1-c1noc(C2CC2)c1COC1CCC(O)(c2nc3ccc(C(=O)O)cc3s2)C1. The number of carbonyl (C=O) groups is 1. The van der Waals surface area contributed by atoms with E-state index in [1.807, 2.05) is 25.1 Å². The molecule has 36 heavy (non-hydrogen) atoms. The van der Waals surface area contributed by atoms with Crippen LogP contribution in [0.1, 0.15) is 70.3 Å². The molecule has 2 aromatic carbocycles. The Bertz CT molecular complexity index is 1460. The van der Waals surface area contributed by atoms with Crippen molar-refractivity contribution >= 4 is 39.1 Å². The number of hydrogen-bond acceptors (Lipinski definition) is 7. The van der Waals surface area contributed by atoms with E-state index in [1.165, 1.54) is 17.4 Å². The second kappa shape index (κ2) is 8.95. The van der Waals surface area contributed by atoms with Crippen molar-refractivity contribution in [2.24, 2.45) is 0 Å². The van der Waals surface area contributed by atoms with Gasteiger partial charge in [-0.25, -0.2) is 9.78 Å². The van der Waals surface area contributed by atoms with Crippen LogP contribution >= 0.6 is 22.9 Å². The zero-order valence-corrected chi connectivity index (χ0v) is 21.2. The molecular weight excluding hydrogens is 500 g/mol. The van der Waals surface area contributed by atoms with Crippen molar-refractivity contribution in [3.05, 3.63) is 68.9 Å². The molecule has 2 aliphatic carbocycles. The van der Waals surface area contributed by atoms with Gasteiger partial charge in [-0.3, -0.25) is 0 Å². The average molecular weight is 525 g/mol. The highest BCUT2D eigenvalue weighted by atomic mass is 35.5. The van der Waals surface area contributed by atoms with Crippen LogP contribution in [-0.2, 0) is 16.9 Å². The Hall–Kier alpha value is -2.78. The average Bonchev–Trinajstić information content (AvgIpc) is 3.28. The molecule has 2 saturated carbocycles. The molecule has 0 spiro atoms. The molecule has 2 aromatic heterocycles. The molecule has 4 aromatic rings. The standard InChI is InChI=1S/C27H25ClN2O5S/c1-14-3-2-4-19(28)22(14)23-18(24(35-30-23)15-5-6-15)13-34-17-9-10-27(33,12-17)26-29-20-8-7-16(25(31)32)11-21(20)36-26/h2-4,7-8,11,15,17,33H,5-6,9-10,12-13H2,1H3,(H,31,32). The van der Waals surface area contributed by atoms with Crippen LogP contribution in [0.4, 0.5) is 0 Å². The predicted molar refractivity (Wildman–Crippen MR) is 137 cm³/mol. The summed E-state index contributed by atoms with van der Waals surface area (Å²) in [6.45, 7) is 2.34. The number of aromatic carboxylic acids is 1. The predicted octanol–water partition coefficient (Wildman–Crippen LogP) is 6.45. The number of fused-ring (bicyclic) bond motifs is 1. The molecule has 0 saturated heterocycles. The van der Waals surface area contributed by atoms with Gasteiger partial charge in [0.05, 0.1) is 33.5 Å². The number of rotatable bonds is 7. The summed E-state index contributed by atoms with van der Waals surface area (Å²) in [6.07, 6.45) is 3.64. The fourth-order valence-corrected chi connectivity index (χ4v) is 6.47. The van der Waals surface area contributed by atoms with Gasteiger partial charge in [-0.1, -0.05) is 28.9 Å². The minimum absolute atomic E-state index is 0.154. The van der Waals surface area contributed by atoms with Gasteiger partial charge in [0.2, 0.25) is 0 Å². The van der Waals surface area contributed by atoms with E-state index in [-0.39, 0.29) is 11.7 Å². The maximum absolute atomic E-state index is 11.4. The summed E-state index contributed by atoms with van der Waals surface area (Å²) in [5.41, 5.74) is 3.36. The highest BCUT2D eigenvalue weighted by molar-refractivity contribution is 7.18. The van der Waals surface area contributed by atoms with Crippen LogP contribution in [0, 0.1) is 6.92 Å². The number of aryl methyl sites for hydroxylation is 1. The Morgan fingerprint density at radius 3 is 2.86 bits per heavy atom. The van der Waals surface area contributed by atoms with E-state index in [0.717, 1.165) is 45.7 Å². The molecule has 2 atom stereocenters. The lowest BCUT2D eigenvalue weighted by Crippen LogP contribution is -2.23. The smallest absolute Gasteiger partial charge is 0.335 e. The van der Waals surface area contributed by atoms with Crippen molar-refractivity contribution in [3.63, 3.8) is 0 Å². The summed E-state index contributed by atoms with van der Waals surface area (Å²) in [6, 6.07) is 10.6. The zero-order valence-electron chi connectivity index (χ0n) is 19.7. The number of thiazole rings is 1. The number of carboxylic acid groups (broad SMARTS) is 1. The van der Waals surface area contributed by atoms with Crippen molar-refractivity contribution in [3.8, 4) is 11.3 Å². The third kappa shape index (κ3) is 4.22. The van der Waals surface area contributed by atoms with Crippen LogP contribution in [0.2, 0.25) is 5.02 Å². The molecule has 2 fully saturated rings. The van der Waals surface area contributed by atoms with Gasteiger partial charge >= 0.3 is 5.97 Å². The molecule has 0 radical (unpaired) electrons. The number of aromatic nitrogens is 2. The maximum Gasteiger partial charge on any atom is 0.335 e. The molecule has 2 heterocycles. The zero-order chi connectivity index (χ0) is 25.0. The molecular formula is C27H25ClN2O5S. The molecule has 0 aliphatic heterocycles. The molecule has 2 aliphatic rings. The highest BCUT2D eigenvalue weighted by Gasteiger charge is 2.42. The summed E-state index contributed by atoms with van der Waals surface area (Å²) in [5.74, 6) is 0.259. The lowest BCUT2D eigenvalue weighted by molar-refractivity contribution is -0.00109. The Morgan fingerprint density at radius 2 is 2.11 bits per heavy atom. The third-order valence-corrected chi connectivity index (χ3v) is 8.69. The number of carboxylic acids is 1. The summed E-state index contributed by atoms with van der Waals surface area (Å²) < 4.78 is 12.9. The Labute approximate surface area is 216 Å². The first-order chi connectivity index (χ1) is 17.3. The van der Waals surface area contributed by atoms with E-state index in [9.17, 15) is 15.0 Å². The first kappa shape index (κ1) is 23.6. The Morgan fingerprint density at radius 1 is 1.28 bits per heavy atom. The van der Waals surface area contributed by atoms with Gasteiger partial charge in [0.25, 0.3) is 0 Å². The first-order valence-corrected chi connectivity index (χ1v) is 13.2. The summed E-state index contributed by atoms with van der Waals surface area (Å²) in [7, 11) is 0. The molecule has 7 nitrogen and oxygen atoms in total. The van der Waals surface area contributed by atoms with Gasteiger partial charge < -0.3 is 19.5 Å².